The normalized spacial score (nSPS) is 30.0. The van der Waals surface area contributed by atoms with Crippen LogP contribution in [0.15, 0.2) is 42.2 Å². The number of fused-ring (bicyclic) bond motifs is 1. The molecule has 132 valence electrons. The molecule has 1 aliphatic heterocycles. The lowest BCUT2D eigenvalue weighted by molar-refractivity contribution is -0.119. The van der Waals surface area contributed by atoms with Crippen molar-refractivity contribution in [3.8, 4) is 5.75 Å². The Morgan fingerprint density at radius 1 is 1.32 bits per heavy atom. The van der Waals surface area contributed by atoms with Crippen LogP contribution < -0.4 is 5.32 Å². The summed E-state index contributed by atoms with van der Waals surface area (Å²) in [5.41, 5.74) is -0.0978. The molecule has 3 saturated carbocycles. The molecule has 1 aromatic carbocycles. The van der Waals surface area contributed by atoms with E-state index in [1.165, 1.54) is 6.07 Å². The van der Waals surface area contributed by atoms with Gasteiger partial charge in [0.05, 0.1) is 6.42 Å². The summed E-state index contributed by atoms with van der Waals surface area (Å²) in [6, 6.07) is 3.54. The van der Waals surface area contributed by atoms with Crippen LogP contribution in [0, 0.1) is 5.82 Å². The van der Waals surface area contributed by atoms with Crippen LogP contribution in [0.1, 0.15) is 31.2 Å². The van der Waals surface area contributed by atoms with Gasteiger partial charge in [0.2, 0.25) is 5.91 Å². The fourth-order valence-corrected chi connectivity index (χ4v) is 4.30. The Balaban J connectivity index is 1.34. The first-order valence-electron chi connectivity index (χ1n) is 8.49. The van der Waals surface area contributed by atoms with Crippen molar-refractivity contribution in [2.75, 3.05) is 6.54 Å². The van der Waals surface area contributed by atoms with Gasteiger partial charge in [-0.25, -0.2) is 8.78 Å². The lowest BCUT2D eigenvalue weighted by Crippen LogP contribution is -2.55. The van der Waals surface area contributed by atoms with Gasteiger partial charge in [0, 0.05) is 42.4 Å². The molecule has 1 heterocycles. The lowest BCUT2D eigenvalue weighted by atomic mass is 9.73. The van der Waals surface area contributed by atoms with Crippen LogP contribution >= 0.6 is 0 Å². The van der Waals surface area contributed by atoms with Crippen molar-refractivity contribution < 1.29 is 18.7 Å². The van der Waals surface area contributed by atoms with Gasteiger partial charge < -0.3 is 15.3 Å². The van der Waals surface area contributed by atoms with E-state index in [1.807, 2.05) is 12.3 Å². The van der Waals surface area contributed by atoms with Crippen molar-refractivity contribution in [2.24, 2.45) is 0 Å². The maximum absolute atomic E-state index is 14.0. The fourth-order valence-electron chi connectivity index (χ4n) is 4.30. The first kappa shape index (κ1) is 16.1. The number of aromatic hydroxyl groups is 1. The maximum Gasteiger partial charge on any atom is 0.228 e. The molecule has 0 saturated heterocycles. The SMILES string of the molecule is O=C(Cc1cc(F)ccc1O)NC1=CCN(C23CCC(F)(C2)C3)C=C1. The number of hydrogen-bond donors (Lipinski definition) is 2. The van der Waals surface area contributed by atoms with E-state index >= 15 is 0 Å². The molecule has 4 aliphatic rings. The van der Waals surface area contributed by atoms with Gasteiger partial charge in [-0.05, 0) is 43.2 Å². The number of halogens is 2. The molecule has 1 aromatic rings. The average molecular weight is 346 g/mol. The van der Waals surface area contributed by atoms with Gasteiger partial charge in [0.1, 0.15) is 17.2 Å². The lowest BCUT2D eigenvalue weighted by Gasteiger charge is -2.50. The van der Waals surface area contributed by atoms with E-state index < -0.39 is 11.5 Å². The second-order valence-electron chi connectivity index (χ2n) is 7.35. The number of carbonyl (C=O) groups excluding carboxylic acids is 1. The number of nitrogens with one attached hydrogen (secondary N) is 1. The molecule has 0 atom stereocenters. The number of phenolic OH excluding ortho intramolecular Hbond substituents is 1. The molecule has 0 radical (unpaired) electrons. The Morgan fingerprint density at radius 2 is 2.12 bits per heavy atom. The Morgan fingerprint density at radius 3 is 2.76 bits per heavy atom. The number of phenols is 1. The van der Waals surface area contributed by atoms with E-state index in [2.05, 4.69) is 10.2 Å². The van der Waals surface area contributed by atoms with Gasteiger partial charge >= 0.3 is 0 Å². The van der Waals surface area contributed by atoms with Crippen LogP contribution in [0.3, 0.4) is 0 Å². The second-order valence-corrected chi connectivity index (χ2v) is 7.35. The fraction of sp³-hybridized carbons (Fsp3) is 0.421. The van der Waals surface area contributed by atoms with Crippen molar-refractivity contribution >= 4 is 5.91 Å². The molecule has 0 aromatic heterocycles. The minimum Gasteiger partial charge on any atom is -0.508 e. The molecule has 0 spiro atoms. The molecule has 4 nitrogen and oxygen atoms in total. The minimum absolute atomic E-state index is 0.0509. The van der Waals surface area contributed by atoms with Gasteiger partial charge in [-0.2, -0.15) is 0 Å². The maximum atomic E-state index is 14.0. The summed E-state index contributed by atoms with van der Waals surface area (Å²) in [4.78, 5) is 14.3. The highest BCUT2D eigenvalue weighted by atomic mass is 19.1. The molecule has 0 unspecified atom stereocenters. The molecule has 25 heavy (non-hydrogen) atoms. The molecular formula is C19H20F2N2O2. The largest absolute Gasteiger partial charge is 0.508 e. The third kappa shape index (κ3) is 2.90. The highest BCUT2D eigenvalue weighted by molar-refractivity contribution is 5.81. The zero-order chi connectivity index (χ0) is 17.7. The van der Waals surface area contributed by atoms with Crippen LogP contribution in [0.4, 0.5) is 8.78 Å². The number of rotatable bonds is 4. The third-order valence-electron chi connectivity index (χ3n) is 5.56. The Labute approximate surface area is 144 Å². The number of carbonyl (C=O) groups is 1. The van der Waals surface area contributed by atoms with Crippen LogP contribution in [0.2, 0.25) is 0 Å². The van der Waals surface area contributed by atoms with Crippen LogP contribution in [0.5, 0.6) is 5.75 Å². The predicted molar refractivity (Wildman–Crippen MR) is 88.9 cm³/mol. The van der Waals surface area contributed by atoms with Gasteiger partial charge in [0.25, 0.3) is 0 Å². The van der Waals surface area contributed by atoms with E-state index in [9.17, 15) is 18.7 Å². The second kappa shape index (κ2) is 5.58. The standard InChI is InChI=1S/C19H20F2N2O2/c20-14-1-2-16(24)13(9-14)10-17(25)22-15-3-7-23(8-4-15)19-6-5-18(21,11-19)12-19/h1-4,7,9,24H,5-6,8,10-12H2,(H,22,25). The number of allylic oxidation sites excluding steroid dienone is 1. The quantitative estimate of drug-likeness (QED) is 0.881. The molecular weight excluding hydrogens is 326 g/mol. The van der Waals surface area contributed by atoms with E-state index in [4.69, 9.17) is 0 Å². The molecule has 3 fully saturated rings. The van der Waals surface area contributed by atoms with Crippen molar-refractivity contribution in [1.29, 1.82) is 0 Å². The number of nitrogens with zero attached hydrogens (tertiary/aromatic N) is 1. The molecule has 2 bridgehead atoms. The van der Waals surface area contributed by atoms with Gasteiger partial charge in [-0.1, -0.05) is 0 Å². The summed E-state index contributed by atoms with van der Waals surface area (Å²) in [5.74, 6) is -0.917. The average Bonchev–Trinajstić information content (AvgIpc) is 3.06. The summed E-state index contributed by atoms with van der Waals surface area (Å²) in [5, 5.41) is 12.4. The van der Waals surface area contributed by atoms with E-state index in [0.29, 0.717) is 31.5 Å². The molecule has 2 N–H and O–H groups in total. The Hall–Kier alpha value is -2.37. The Bertz CT molecular complexity index is 782. The summed E-state index contributed by atoms with van der Waals surface area (Å²) in [6.45, 7) is 0.632. The van der Waals surface area contributed by atoms with E-state index in [-0.39, 0.29) is 29.2 Å². The zero-order valence-corrected chi connectivity index (χ0v) is 13.8. The smallest absolute Gasteiger partial charge is 0.228 e. The summed E-state index contributed by atoms with van der Waals surface area (Å²) in [7, 11) is 0. The van der Waals surface area contributed by atoms with Crippen molar-refractivity contribution in [3.05, 3.63) is 53.6 Å². The third-order valence-corrected chi connectivity index (χ3v) is 5.56. The first-order valence-corrected chi connectivity index (χ1v) is 8.49. The predicted octanol–water partition coefficient (Wildman–Crippen LogP) is 2.94. The summed E-state index contributed by atoms with van der Waals surface area (Å²) < 4.78 is 27.2. The van der Waals surface area contributed by atoms with Crippen LogP contribution in [-0.2, 0) is 11.2 Å². The molecule has 1 amide bonds. The highest BCUT2D eigenvalue weighted by Gasteiger charge is 2.63. The number of benzene rings is 1. The summed E-state index contributed by atoms with van der Waals surface area (Å²) >= 11 is 0. The topological polar surface area (TPSA) is 52.6 Å². The number of alkyl halides is 1. The van der Waals surface area contributed by atoms with Crippen molar-refractivity contribution in [1.82, 2.24) is 10.2 Å². The van der Waals surface area contributed by atoms with Gasteiger partial charge in [-0.15, -0.1) is 0 Å². The first-order chi connectivity index (χ1) is 11.9. The van der Waals surface area contributed by atoms with E-state index in [0.717, 1.165) is 18.6 Å². The van der Waals surface area contributed by atoms with Crippen LogP contribution in [0.25, 0.3) is 0 Å². The zero-order valence-electron chi connectivity index (χ0n) is 13.8. The Kier molecular flexibility index (Phi) is 3.60. The minimum atomic E-state index is -0.959. The molecule has 5 rings (SSSR count). The monoisotopic (exact) mass is 346 g/mol. The number of hydrogen-bond acceptors (Lipinski definition) is 3. The van der Waals surface area contributed by atoms with Gasteiger partial charge in [0.15, 0.2) is 0 Å². The molecule has 6 heteroatoms. The van der Waals surface area contributed by atoms with Crippen LogP contribution in [-0.4, -0.2) is 33.7 Å². The highest BCUT2D eigenvalue weighted by Crippen LogP contribution is 2.60. The number of amides is 1. The van der Waals surface area contributed by atoms with Crippen molar-refractivity contribution in [3.63, 3.8) is 0 Å². The van der Waals surface area contributed by atoms with Crippen molar-refractivity contribution in [2.45, 2.75) is 43.3 Å². The van der Waals surface area contributed by atoms with E-state index in [1.54, 1.807) is 6.08 Å². The summed E-state index contributed by atoms with van der Waals surface area (Å²) in [6.07, 6.45) is 8.22. The van der Waals surface area contributed by atoms with Gasteiger partial charge in [-0.3, -0.25) is 4.79 Å². The molecule has 3 aliphatic carbocycles.